The second-order valence-corrected chi connectivity index (χ2v) is 6.59. The zero-order valence-corrected chi connectivity index (χ0v) is 14.4. The van der Waals surface area contributed by atoms with Gasteiger partial charge in [-0.05, 0) is 50.0 Å². The number of rotatable bonds is 5. The zero-order valence-electron chi connectivity index (χ0n) is 14.4. The van der Waals surface area contributed by atoms with E-state index in [1.54, 1.807) is 0 Å². The van der Waals surface area contributed by atoms with E-state index >= 15 is 0 Å². The number of anilines is 1. The van der Waals surface area contributed by atoms with Gasteiger partial charge in [-0.2, -0.15) is 0 Å². The maximum Gasteiger partial charge on any atom is 0.241 e. The van der Waals surface area contributed by atoms with E-state index in [2.05, 4.69) is 30.0 Å². The molecular formula is C21H26N2O. The Labute approximate surface area is 144 Å². The molecule has 1 fully saturated rings. The quantitative estimate of drug-likeness (QED) is 0.830. The zero-order chi connectivity index (χ0) is 16.8. The van der Waals surface area contributed by atoms with Gasteiger partial charge in [0.15, 0.2) is 0 Å². The molecule has 0 spiro atoms. The maximum absolute atomic E-state index is 13.1. The van der Waals surface area contributed by atoms with Crippen LogP contribution in [-0.2, 0) is 11.3 Å². The van der Waals surface area contributed by atoms with E-state index in [0.29, 0.717) is 13.1 Å². The van der Waals surface area contributed by atoms with Crippen molar-refractivity contribution in [3.8, 4) is 0 Å². The van der Waals surface area contributed by atoms with Crippen molar-refractivity contribution < 1.29 is 4.79 Å². The second kappa shape index (κ2) is 8.11. The Hall–Kier alpha value is -2.13. The Morgan fingerprint density at radius 2 is 1.62 bits per heavy atom. The molecule has 0 aromatic heterocycles. The van der Waals surface area contributed by atoms with Crippen LogP contribution in [0.3, 0.4) is 0 Å². The molecule has 0 N–H and O–H groups in total. The molecule has 0 unspecified atom stereocenters. The monoisotopic (exact) mass is 322 g/mol. The molecule has 126 valence electrons. The Bertz CT molecular complexity index is 663. The van der Waals surface area contributed by atoms with Gasteiger partial charge in [0.05, 0.1) is 13.1 Å². The summed E-state index contributed by atoms with van der Waals surface area (Å²) in [6, 6.07) is 18.4. The van der Waals surface area contributed by atoms with Gasteiger partial charge in [-0.25, -0.2) is 0 Å². The van der Waals surface area contributed by atoms with Gasteiger partial charge in [-0.3, -0.25) is 9.69 Å². The van der Waals surface area contributed by atoms with Crippen LogP contribution in [0.25, 0.3) is 0 Å². The summed E-state index contributed by atoms with van der Waals surface area (Å²) in [7, 11) is 0. The highest BCUT2D eigenvalue weighted by molar-refractivity contribution is 5.95. The number of benzene rings is 2. The van der Waals surface area contributed by atoms with Crippen molar-refractivity contribution in [3.05, 3.63) is 65.7 Å². The summed E-state index contributed by atoms with van der Waals surface area (Å²) in [5.41, 5.74) is 3.32. The molecule has 0 saturated carbocycles. The summed E-state index contributed by atoms with van der Waals surface area (Å²) >= 11 is 0. The van der Waals surface area contributed by atoms with E-state index in [9.17, 15) is 4.79 Å². The highest BCUT2D eigenvalue weighted by Crippen LogP contribution is 2.22. The number of carbonyl (C=O) groups is 1. The van der Waals surface area contributed by atoms with Crippen molar-refractivity contribution in [1.29, 1.82) is 0 Å². The number of aryl methyl sites for hydroxylation is 1. The van der Waals surface area contributed by atoms with Crippen molar-refractivity contribution in [2.45, 2.75) is 32.7 Å². The summed E-state index contributed by atoms with van der Waals surface area (Å²) in [5, 5.41) is 0. The SMILES string of the molecule is Cc1ccccc1N(Cc1ccccc1)C(=O)CN1CCCCC1. The minimum Gasteiger partial charge on any atom is -0.307 e. The number of likely N-dealkylation sites (tertiary alicyclic amines) is 1. The molecule has 1 heterocycles. The van der Waals surface area contributed by atoms with Crippen molar-refractivity contribution in [1.82, 2.24) is 4.90 Å². The fourth-order valence-electron chi connectivity index (χ4n) is 3.33. The molecule has 3 rings (SSSR count). The maximum atomic E-state index is 13.1. The predicted octanol–water partition coefficient (Wildman–Crippen LogP) is 4.01. The predicted molar refractivity (Wildman–Crippen MR) is 99.1 cm³/mol. The second-order valence-electron chi connectivity index (χ2n) is 6.59. The third-order valence-electron chi connectivity index (χ3n) is 4.70. The van der Waals surface area contributed by atoms with Crippen LogP contribution in [0.4, 0.5) is 5.69 Å². The van der Waals surface area contributed by atoms with Gasteiger partial charge in [0, 0.05) is 5.69 Å². The number of nitrogens with zero attached hydrogens (tertiary/aromatic N) is 2. The summed E-state index contributed by atoms with van der Waals surface area (Å²) in [4.78, 5) is 17.3. The van der Waals surface area contributed by atoms with Crippen LogP contribution in [0.15, 0.2) is 54.6 Å². The number of hydrogen-bond acceptors (Lipinski definition) is 2. The molecule has 3 heteroatoms. The molecule has 1 amide bonds. The van der Waals surface area contributed by atoms with Gasteiger partial charge in [-0.1, -0.05) is 55.0 Å². The number of carbonyl (C=O) groups excluding carboxylic acids is 1. The first-order valence-corrected chi connectivity index (χ1v) is 8.86. The Balaban J connectivity index is 1.81. The minimum absolute atomic E-state index is 0.190. The summed E-state index contributed by atoms with van der Waals surface area (Å²) in [6.07, 6.45) is 3.70. The topological polar surface area (TPSA) is 23.6 Å². The van der Waals surface area contributed by atoms with E-state index in [4.69, 9.17) is 0 Å². The summed E-state index contributed by atoms with van der Waals surface area (Å²) < 4.78 is 0. The molecule has 0 bridgehead atoms. The Morgan fingerprint density at radius 1 is 0.958 bits per heavy atom. The molecular weight excluding hydrogens is 296 g/mol. The lowest BCUT2D eigenvalue weighted by molar-refractivity contribution is -0.120. The van der Waals surface area contributed by atoms with Crippen LogP contribution in [0.5, 0.6) is 0 Å². The van der Waals surface area contributed by atoms with Crippen LogP contribution in [-0.4, -0.2) is 30.4 Å². The van der Waals surface area contributed by atoms with Crippen LogP contribution < -0.4 is 4.90 Å². The minimum atomic E-state index is 0.190. The van der Waals surface area contributed by atoms with Gasteiger partial charge >= 0.3 is 0 Å². The number of para-hydroxylation sites is 1. The highest BCUT2D eigenvalue weighted by atomic mass is 16.2. The fourth-order valence-corrected chi connectivity index (χ4v) is 3.33. The van der Waals surface area contributed by atoms with Crippen LogP contribution in [0, 0.1) is 6.92 Å². The van der Waals surface area contributed by atoms with Gasteiger partial charge in [0.2, 0.25) is 5.91 Å². The van der Waals surface area contributed by atoms with Gasteiger partial charge in [-0.15, -0.1) is 0 Å². The van der Waals surface area contributed by atoms with Gasteiger partial charge in [0.25, 0.3) is 0 Å². The smallest absolute Gasteiger partial charge is 0.241 e. The third kappa shape index (κ3) is 4.24. The Morgan fingerprint density at radius 3 is 2.33 bits per heavy atom. The van der Waals surface area contributed by atoms with Crippen molar-refractivity contribution in [2.75, 3.05) is 24.5 Å². The lowest BCUT2D eigenvalue weighted by Gasteiger charge is -2.30. The molecule has 1 saturated heterocycles. The average Bonchev–Trinajstić information content (AvgIpc) is 2.62. The first-order chi connectivity index (χ1) is 11.7. The average molecular weight is 322 g/mol. The molecule has 0 aliphatic carbocycles. The van der Waals surface area contributed by atoms with Crippen molar-refractivity contribution >= 4 is 11.6 Å². The van der Waals surface area contributed by atoms with E-state index in [1.165, 1.54) is 19.3 Å². The largest absolute Gasteiger partial charge is 0.307 e. The summed E-state index contributed by atoms with van der Waals surface area (Å²) in [6.45, 7) is 5.29. The third-order valence-corrected chi connectivity index (χ3v) is 4.70. The normalized spacial score (nSPS) is 15.2. The van der Waals surface area contributed by atoms with E-state index in [1.807, 2.05) is 41.3 Å². The van der Waals surface area contributed by atoms with Crippen LogP contribution >= 0.6 is 0 Å². The lowest BCUT2D eigenvalue weighted by Crippen LogP contribution is -2.42. The van der Waals surface area contributed by atoms with E-state index < -0.39 is 0 Å². The van der Waals surface area contributed by atoms with E-state index in [-0.39, 0.29) is 5.91 Å². The molecule has 0 radical (unpaired) electrons. The number of piperidine rings is 1. The highest BCUT2D eigenvalue weighted by Gasteiger charge is 2.21. The van der Waals surface area contributed by atoms with Crippen molar-refractivity contribution in [3.63, 3.8) is 0 Å². The van der Waals surface area contributed by atoms with Crippen molar-refractivity contribution in [2.24, 2.45) is 0 Å². The number of hydrogen-bond donors (Lipinski definition) is 0. The van der Waals surface area contributed by atoms with Crippen LogP contribution in [0.1, 0.15) is 30.4 Å². The Kier molecular flexibility index (Phi) is 5.65. The first-order valence-electron chi connectivity index (χ1n) is 8.86. The standard InChI is InChI=1S/C21H26N2O/c1-18-10-6-7-13-20(18)23(16-19-11-4-2-5-12-19)21(24)17-22-14-8-3-9-15-22/h2,4-7,10-13H,3,8-9,14-17H2,1H3. The number of amides is 1. The molecule has 2 aromatic carbocycles. The summed E-state index contributed by atoms with van der Waals surface area (Å²) in [5.74, 6) is 0.190. The first kappa shape index (κ1) is 16.7. The molecule has 0 atom stereocenters. The van der Waals surface area contributed by atoms with Gasteiger partial charge < -0.3 is 4.90 Å². The lowest BCUT2D eigenvalue weighted by atomic mass is 10.1. The molecule has 2 aromatic rings. The van der Waals surface area contributed by atoms with Gasteiger partial charge in [0.1, 0.15) is 0 Å². The molecule has 3 nitrogen and oxygen atoms in total. The molecule has 1 aliphatic heterocycles. The van der Waals surface area contributed by atoms with E-state index in [0.717, 1.165) is 29.9 Å². The van der Waals surface area contributed by atoms with Crippen LogP contribution in [0.2, 0.25) is 0 Å². The fraction of sp³-hybridized carbons (Fsp3) is 0.381. The molecule has 1 aliphatic rings. The molecule has 24 heavy (non-hydrogen) atoms.